The predicted molar refractivity (Wildman–Crippen MR) is 95.4 cm³/mol. The van der Waals surface area contributed by atoms with Crippen LogP contribution in [0.5, 0.6) is 5.88 Å². The number of nitrogens with one attached hydrogen (secondary N) is 1. The lowest BCUT2D eigenvalue weighted by atomic mass is 9.68. The van der Waals surface area contributed by atoms with Crippen molar-refractivity contribution in [3.8, 4) is 5.88 Å². The van der Waals surface area contributed by atoms with Crippen molar-refractivity contribution in [2.45, 2.75) is 44.4 Å². The highest BCUT2D eigenvalue weighted by molar-refractivity contribution is 5.99. The Balaban J connectivity index is 1.88. The highest BCUT2D eigenvalue weighted by Gasteiger charge is 2.41. The van der Waals surface area contributed by atoms with Gasteiger partial charge in [-0.15, -0.1) is 0 Å². The first-order valence-corrected chi connectivity index (χ1v) is 8.53. The van der Waals surface area contributed by atoms with E-state index in [1.807, 2.05) is 31.2 Å². The summed E-state index contributed by atoms with van der Waals surface area (Å²) in [6.07, 6.45) is 6.82. The van der Waals surface area contributed by atoms with Crippen molar-refractivity contribution in [1.82, 2.24) is 4.98 Å². The molecule has 126 valence electrons. The normalized spacial score (nSPS) is 16.4. The fourth-order valence-corrected chi connectivity index (χ4v) is 3.65. The summed E-state index contributed by atoms with van der Waals surface area (Å²) in [6, 6.07) is 12.1. The Morgan fingerprint density at radius 3 is 2.50 bits per heavy atom. The summed E-state index contributed by atoms with van der Waals surface area (Å²) >= 11 is 0. The minimum absolute atomic E-state index is 0.0692. The van der Waals surface area contributed by atoms with Crippen molar-refractivity contribution in [3.63, 3.8) is 0 Å². The molecule has 1 aromatic heterocycles. The Bertz CT molecular complexity index is 707. The van der Waals surface area contributed by atoms with Crippen LogP contribution in [-0.2, 0) is 10.2 Å². The summed E-state index contributed by atoms with van der Waals surface area (Å²) in [7, 11) is 1.60. The number of carbonyl (C=O) groups is 1. The summed E-state index contributed by atoms with van der Waals surface area (Å²) < 4.78 is 5.19. The third-order valence-electron chi connectivity index (χ3n) is 4.95. The van der Waals surface area contributed by atoms with Gasteiger partial charge in [0.2, 0.25) is 11.8 Å². The monoisotopic (exact) mass is 324 g/mol. The first-order chi connectivity index (χ1) is 11.7. The van der Waals surface area contributed by atoms with Crippen LogP contribution in [0.4, 0.5) is 5.69 Å². The molecule has 1 fully saturated rings. The molecule has 1 aromatic carbocycles. The molecular weight excluding hydrogens is 300 g/mol. The van der Waals surface area contributed by atoms with Crippen molar-refractivity contribution in [2.24, 2.45) is 0 Å². The fourth-order valence-electron chi connectivity index (χ4n) is 3.65. The number of aryl methyl sites for hydroxylation is 1. The first-order valence-electron chi connectivity index (χ1n) is 8.53. The smallest absolute Gasteiger partial charge is 0.235 e. The molecule has 0 spiro atoms. The van der Waals surface area contributed by atoms with Crippen molar-refractivity contribution >= 4 is 11.6 Å². The molecule has 4 heteroatoms. The lowest BCUT2D eigenvalue weighted by Crippen LogP contribution is -2.42. The molecule has 1 aliphatic rings. The Kier molecular flexibility index (Phi) is 4.84. The maximum Gasteiger partial charge on any atom is 0.235 e. The highest BCUT2D eigenvalue weighted by atomic mass is 16.5. The van der Waals surface area contributed by atoms with Crippen LogP contribution in [0.3, 0.4) is 0 Å². The predicted octanol–water partition coefficient (Wildman–Crippen LogP) is 4.24. The van der Waals surface area contributed by atoms with Crippen molar-refractivity contribution < 1.29 is 9.53 Å². The molecule has 0 atom stereocenters. The Labute approximate surface area is 143 Å². The molecule has 0 radical (unpaired) electrons. The van der Waals surface area contributed by atoms with Crippen molar-refractivity contribution in [1.29, 1.82) is 0 Å². The van der Waals surface area contributed by atoms with E-state index in [9.17, 15) is 4.79 Å². The van der Waals surface area contributed by atoms with Gasteiger partial charge in [-0.05, 0) is 31.4 Å². The molecule has 1 N–H and O–H groups in total. The molecule has 0 bridgehead atoms. The maximum atomic E-state index is 13.2. The fraction of sp³-hybridized carbons (Fsp3) is 0.400. The lowest BCUT2D eigenvalue weighted by molar-refractivity contribution is -0.122. The number of pyridine rings is 1. The van der Waals surface area contributed by atoms with Gasteiger partial charge in [-0.3, -0.25) is 4.79 Å². The first kappa shape index (κ1) is 16.5. The van der Waals surface area contributed by atoms with Crippen molar-refractivity contribution in [2.75, 3.05) is 12.4 Å². The minimum Gasteiger partial charge on any atom is -0.481 e. The van der Waals surface area contributed by atoms with Gasteiger partial charge in [-0.1, -0.05) is 49.6 Å². The van der Waals surface area contributed by atoms with Crippen molar-refractivity contribution in [3.05, 3.63) is 53.7 Å². The van der Waals surface area contributed by atoms with Crippen LogP contribution in [0.25, 0.3) is 0 Å². The van der Waals surface area contributed by atoms with Gasteiger partial charge < -0.3 is 10.1 Å². The van der Waals surface area contributed by atoms with Crippen LogP contribution in [0, 0.1) is 6.92 Å². The number of anilines is 1. The van der Waals surface area contributed by atoms with E-state index in [2.05, 4.69) is 22.4 Å². The van der Waals surface area contributed by atoms with E-state index in [1.165, 1.54) is 6.42 Å². The van der Waals surface area contributed by atoms with Crippen LogP contribution in [0.15, 0.2) is 42.6 Å². The SMILES string of the molecule is COc1ncc(NC(=O)C2(c3ccccc3)CCCCC2)cc1C. The number of aromatic nitrogens is 1. The van der Waals surface area contributed by atoms with Gasteiger partial charge in [0.1, 0.15) is 0 Å². The van der Waals surface area contributed by atoms with Gasteiger partial charge in [0.25, 0.3) is 0 Å². The molecule has 0 unspecified atom stereocenters. The summed E-state index contributed by atoms with van der Waals surface area (Å²) in [5, 5.41) is 3.09. The second-order valence-electron chi connectivity index (χ2n) is 6.51. The second kappa shape index (κ2) is 7.04. The maximum absolute atomic E-state index is 13.2. The van der Waals surface area contributed by atoms with E-state index in [1.54, 1.807) is 13.3 Å². The number of nitrogens with zero attached hydrogens (tertiary/aromatic N) is 1. The van der Waals surface area contributed by atoms with Gasteiger partial charge in [-0.2, -0.15) is 0 Å². The average Bonchev–Trinajstić information content (AvgIpc) is 2.63. The Hall–Kier alpha value is -2.36. The molecule has 0 aliphatic heterocycles. The standard InChI is InChI=1S/C20H24N2O2/c1-15-13-17(14-21-18(15)24-2)22-19(23)20(11-7-4-8-12-20)16-9-5-3-6-10-16/h3,5-6,9-10,13-14H,4,7-8,11-12H2,1-2H3,(H,22,23). The van der Waals surface area contributed by atoms with Gasteiger partial charge in [0.15, 0.2) is 0 Å². The van der Waals surface area contributed by atoms with Crippen LogP contribution >= 0.6 is 0 Å². The molecule has 1 saturated carbocycles. The van der Waals surface area contributed by atoms with E-state index in [-0.39, 0.29) is 5.91 Å². The van der Waals surface area contributed by atoms with Crippen LogP contribution in [0.1, 0.15) is 43.2 Å². The number of ether oxygens (including phenoxy) is 1. The van der Waals surface area contributed by atoms with Crippen LogP contribution in [0.2, 0.25) is 0 Å². The number of rotatable bonds is 4. The third kappa shape index (κ3) is 3.14. The van der Waals surface area contributed by atoms with E-state index >= 15 is 0 Å². The molecular formula is C20H24N2O2. The zero-order valence-electron chi connectivity index (χ0n) is 14.3. The third-order valence-corrected chi connectivity index (χ3v) is 4.95. The summed E-state index contributed by atoms with van der Waals surface area (Å²) in [4.78, 5) is 17.4. The topological polar surface area (TPSA) is 51.2 Å². The summed E-state index contributed by atoms with van der Waals surface area (Å²) in [5.41, 5.74) is 2.31. The number of carbonyl (C=O) groups excluding carboxylic acids is 1. The molecule has 1 aliphatic carbocycles. The van der Waals surface area contributed by atoms with Gasteiger partial charge in [-0.25, -0.2) is 4.98 Å². The zero-order valence-corrected chi connectivity index (χ0v) is 14.3. The number of hydrogen-bond donors (Lipinski definition) is 1. The quantitative estimate of drug-likeness (QED) is 0.915. The minimum atomic E-state index is -0.437. The summed E-state index contributed by atoms with van der Waals surface area (Å²) in [6.45, 7) is 1.93. The Morgan fingerprint density at radius 1 is 1.17 bits per heavy atom. The largest absolute Gasteiger partial charge is 0.481 e. The van der Waals surface area contributed by atoms with Crippen LogP contribution < -0.4 is 10.1 Å². The molecule has 24 heavy (non-hydrogen) atoms. The van der Waals surface area contributed by atoms with E-state index in [0.717, 1.165) is 42.5 Å². The Morgan fingerprint density at radius 2 is 1.88 bits per heavy atom. The summed E-state index contributed by atoms with van der Waals surface area (Å²) in [5.74, 6) is 0.656. The number of hydrogen-bond acceptors (Lipinski definition) is 3. The van der Waals surface area contributed by atoms with Gasteiger partial charge >= 0.3 is 0 Å². The number of amides is 1. The molecule has 4 nitrogen and oxygen atoms in total. The van der Waals surface area contributed by atoms with E-state index in [4.69, 9.17) is 4.74 Å². The zero-order chi connectivity index (χ0) is 17.0. The molecule has 1 amide bonds. The van der Waals surface area contributed by atoms with Crippen LogP contribution in [-0.4, -0.2) is 18.0 Å². The second-order valence-corrected chi connectivity index (χ2v) is 6.51. The lowest BCUT2D eigenvalue weighted by Gasteiger charge is -2.36. The van der Waals surface area contributed by atoms with E-state index < -0.39 is 5.41 Å². The average molecular weight is 324 g/mol. The van der Waals surface area contributed by atoms with Gasteiger partial charge in [0.05, 0.1) is 24.4 Å². The molecule has 3 rings (SSSR count). The molecule has 1 heterocycles. The molecule has 2 aromatic rings. The van der Waals surface area contributed by atoms with E-state index in [0.29, 0.717) is 5.88 Å². The molecule has 0 saturated heterocycles. The number of methoxy groups -OCH3 is 1. The van der Waals surface area contributed by atoms with Gasteiger partial charge in [0, 0.05) is 5.56 Å². The highest BCUT2D eigenvalue weighted by Crippen LogP contribution is 2.40. The number of benzene rings is 1.